The first-order valence-electron chi connectivity index (χ1n) is 42.3. The first-order chi connectivity index (χ1) is 59.4. The summed E-state index contributed by atoms with van der Waals surface area (Å²) < 4.78 is 40.7. The predicted octanol–water partition coefficient (Wildman–Crippen LogP) is 2.11. The topological polar surface area (TPSA) is 499 Å². The number of fused-ring (bicyclic) bond motifs is 2. The van der Waals surface area contributed by atoms with Crippen molar-refractivity contribution in [3.63, 3.8) is 0 Å². The molecule has 0 bridgehead atoms. The number of carbonyl (C=O) groups is 11. The van der Waals surface area contributed by atoms with Crippen molar-refractivity contribution >= 4 is 76.6 Å². The first kappa shape index (κ1) is 100. The summed E-state index contributed by atoms with van der Waals surface area (Å²) in [5.74, 6) is -3.40. The zero-order chi connectivity index (χ0) is 92.0. The van der Waals surface area contributed by atoms with Gasteiger partial charge in [-0.05, 0) is 90.5 Å². The van der Waals surface area contributed by atoms with E-state index in [0.29, 0.717) is 48.2 Å². The molecular formula is C89H124N10O26. The fourth-order valence-corrected chi connectivity index (χ4v) is 15.9. The lowest BCUT2D eigenvalue weighted by Crippen LogP contribution is -2.61. The number of aliphatic hydroxyl groups is 7. The molecule has 3 fully saturated rings. The molecule has 0 spiro atoms. The minimum absolute atomic E-state index is 0.151. The number of nitrogens with one attached hydrogen (secondary N) is 6. The molecule has 4 heterocycles. The standard InChI is InChI=1S/C89H124N10O26/c1-15-50(8)71(62(119-13)42-67(104)98-41-23-30-61(98)78(120-14)51(9)81(111)91-52(10)79(56-26-17-16-18-27-56)124-88-77(110)74(107)75(108)80(125-88)86(116)117)96(11)85(115)69(48(4)5)95-84(114)70(49(6)7)97(12)89(118)122-45-53-31-35-58(36-32-53)92-82(112)59(46-121-87-76(109)73(106)72(105)63(44-100)123-87)93-83(113)68(47(2)3)94-65(102)39-40-90-64(101)37-38-66(103)99-43-57-28-20-19-24-54(57)33-34-55-25-21-22-29-60(55)99/h16-22,24-29,31-32,35-36,47-52,59,61-63,68-80,87-88,100,105-110H,15,23,30,37-46H2,1-14H3,(H,90,101)(H,91,111)(H,92,112)(H,93,113)(H,94,102)(H,95,114)(H,116,117)/t50-,51+,52+,59-,61-,62+,63+,68-,69-,70-,71-,72+,73-,74-,75-,76+,77+,78+,79+,80-,87+,88+/m0/s1. The Morgan fingerprint density at radius 2 is 1.25 bits per heavy atom. The number of rotatable bonds is 41. The molecule has 0 saturated carbocycles. The molecule has 0 aliphatic carbocycles. The quantitative estimate of drug-likeness (QED) is 0.0283. The normalized spacial score (nSPS) is 23.1. The number of likely N-dealkylation sites (tertiary alicyclic amines) is 1. The van der Waals surface area contributed by atoms with Gasteiger partial charge < -0.3 is 121 Å². The Bertz CT molecular complexity index is 4380. The van der Waals surface area contributed by atoms with Crippen molar-refractivity contribution in [3.8, 4) is 11.8 Å². The summed E-state index contributed by atoms with van der Waals surface area (Å²) in [5.41, 5.74) is 3.93. The number of likely N-dealkylation sites (N-methyl/N-ethyl adjacent to an activating group) is 2. The number of anilines is 2. The van der Waals surface area contributed by atoms with Gasteiger partial charge in [-0.1, -0.05) is 153 Å². The molecule has 0 radical (unpaired) electrons. The van der Waals surface area contributed by atoms with Crippen LogP contribution in [0.3, 0.4) is 0 Å². The van der Waals surface area contributed by atoms with E-state index in [2.05, 4.69) is 43.7 Å². The van der Waals surface area contributed by atoms with Gasteiger partial charge in [0, 0.05) is 77.5 Å². The SMILES string of the molecule is CC[C@H](C)[C@@H]([C@@H](CC(=O)N1CCC[C@H]1[C@H](OC)[C@@H](C)C(=O)N[C@H](C)[C@@H](O[C@@H]1O[C@H](C(=O)O)[C@@H](O)[C@H](O)[C@H]1O)c1ccccc1)OC)N(C)C(=O)[C@@H](NC(=O)[C@H](C(C)C)N(C)C(=O)OCc1ccc(NC(=O)[C@H](CO[C@@H]2O[C@H](CO)[C@@H](O)[C@H](O)[C@H]2O)NC(=O)[C@@H](NC(=O)CCNC(=O)CCC(=O)N2Cc3ccccc3C#Cc3ccccc32)C(C)C)cc1)C(C)C. The van der Waals surface area contributed by atoms with Crippen LogP contribution in [-0.4, -0.2) is 291 Å². The van der Waals surface area contributed by atoms with E-state index >= 15 is 4.79 Å². The number of methoxy groups -OCH3 is 2. The van der Waals surface area contributed by atoms with E-state index in [1.807, 2.05) is 50.2 Å². The molecule has 0 unspecified atom stereocenters. The number of amides is 10. The van der Waals surface area contributed by atoms with E-state index in [1.54, 1.807) is 115 Å². The second-order valence-electron chi connectivity index (χ2n) is 33.2. The molecule has 4 aliphatic heterocycles. The summed E-state index contributed by atoms with van der Waals surface area (Å²) in [5, 5.41) is 99.5. The lowest BCUT2D eigenvalue weighted by Gasteiger charge is -2.41. The van der Waals surface area contributed by atoms with Crippen LogP contribution >= 0.6 is 0 Å². The summed E-state index contributed by atoms with van der Waals surface area (Å²) in [6, 6.07) is 21.6. The van der Waals surface area contributed by atoms with Crippen molar-refractivity contribution in [2.75, 3.05) is 64.8 Å². The summed E-state index contributed by atoms with van der Waals surface area (Å²) in [7, 11) is 5.83. The molecule has 3 saturated heterocycles. The molecule has 4 aromatic rings. The number of para-hydroxylation sites is 1. The van der Waals surface area contributed by atoms with Crippen LogP contribution in [0, 0.1) is 41.4 Å². The van der Waals surface area contributed by atoms with Gasteiger partial charge in [0.05, 0.1) is 68.1 Å². The molecule has 36 nitrogen and oxygen atoms in total. The second kappa shape index (κ2) is 46.9. The number of aliphatic hydroxyl groups excluding tert-OH is 7. The van der Waals surface area contributed by atoms with Crippen molar-refractivity contribution in [2.24, 2.45) is 29.6 Å². The van der Waals surface area contributed by atoms with Crippen molar-refractivity contribution < 1.29 is 127 Å². The Labute approximate surface area is 728 Å². The van der Waals surface area contributed by atoms with Gasteiger partial charge in [-0.15, -0.1) is 0 Å². The average molecular weight is 1750 g/mol. The highest BCUT2D eigenvalue weighted by molar-refractivity contribution is 5.99. The maximum absolute atomic E-state index is 15.0. The number of aliphatic carboxylic acids is 1. The van der Waals surface area contributed by atoms with Crippen LogP contribution in [0.2, 0.25) is 0 Å². The highest BCUT2D eigenvalue weighted by Gasteiger charge is 2.51. The molecule has 14 N–H and O–H groups in total. The van der Waals surface area contributed by atoms with E-state index in [9.17, 15) is 88.8 Å². The van der Waals surface area contributed by atoms with Gasteiger partial charge in [0.1, 0.15) is 79.6 Å². The number of hydrogen-bond donors (Lipinski definition) is 14. The monoisotopic (exact) mass is 1750 g/mol. The molecule has 4 aromatic carbocycles. The fraction of sp³-hybridized carbons (Fsp3) is 0.584. The van der Waals surface area contributed by atoms with Crippen LogP contribution < -0.4 is 36.8 Å². The van der Waals surface area contributed by atoms with Crippen LogP contribution in [0.1, 0.15) is 148 Å². The van der Waals surface area contributed by atoms with Crippen LogP contribution in [0.25, 0.3) is 0 Å². The Hall–Kier alpha value is -10.1. The molecule has 686 valence electrons. The van der Waals surface area contributed by atoms with E-state index in [-0.39, 0.29) is 68.8 Å². The lowest BCUT2D eigenvalue weighted by molar-refractivity contribution is -0.307. The van der Waals surface area contributed by atoms with Crippen LogP contribution in [0.5, 0.6) is 0 Å². The van der Waals surface area contributed by atoms with E-state index < -0.39 is 212 Å². The largest absolute Gasteiger partial charge is 0.479 e. The third kappa shape index (κ3) is 26.1. The van der Waals surface area contributed by atoms with Crippen molar-refractivity contribution in [3.05, 3.63) is 131 Å². The first-order valence-corrected chi connectivity index (χ1v) is 42.3. The second-order valence-corrected chi connectivity index (χ2v) is 33.2. The number of benzene rings is 4. The minimum Gasteiger partial charge on any atom is -0.479 e. The Kier molecular flexibility index (Phi) is 37.6. The molecular weight excluding hydrogens is 1630 g/mol. The number of hydrogen-bond acceptors (Lipinski definition) is 25. The van der Waals surface area contributed by atoms with Gasteiger partial charge in [-0.2, -0.15) is 0 Å². The Morgan fingerprint density at radius 3 is 1.88 bits per heavy atom. The van der Waals surface area contributed by atoms with E-state index in [0.717, 1.165) is 16.0 Å². The van der Waals surface area contributed by atoms with Crippen LogP contribution in [-0.2, 0) is 94.3 Å². The van der Waals surface area contributed by atoms with Gasteiger partial charge in [0.2, 0.25) is 53.2 Å². The third-order valence-corrected chi connectivity index (χ3v) is 23.3. The van der Waals surface area contributed by atoms with Crippen molar-refractivity contribution in [2.45, 2.75) is 249 Å². The Morgan fingerprint density at radius 1 is 0.616 bits per heavy atom. The molecule has 8 rings (SSSR count). The van der Waals surface area contributed by atoms with Gasteiger partial charge in [0.15, 0.2) is 18.7 Å². The zero-order valence-electron chi connectivity index (χ0n) is 73.2. The molecule has 10 amide bonds. The van der Waals surface area contributed by atoms with Gasteiger partial charge >= 0.3 is 12.1 Å². The highest BCUT2D eigenvalue weighted by Crippen LogP contribution is 2.35. The van der Waals surface area contributed by atoms with Crippen molar-refractivity contribution in [1.82, 2.24) is 41.3 Å². The van der Waals surface area contributed by atoms with Crippen LogP contribution in [0.4, 0.5) is 16.2 Å². The van der Waals surface area contributed by atoms with E-state index in [4.69, 9.17) is 33.2 Å². The number of carbonyl (C=O) groups excluding carboxylic acids is 10. The molecule has 4 aliphatic rings. The molecule has 22 atom stereocenters. The summed E-state index contributed by atoms with van der Waals surface area (Å²) >= 11 is 0. The Balaban J connectivity index is 0.855. The third-order valence-electron chi connectivity index (χ3n) is 23.3. The summed E-state index contributed by atoms with van der Waals surface area (Å²) in [6.07, 6.45) is -21.1. The maximum Gasteiger partial charge on any atom is 0.410 e. The predicted molar refractivity (Wildman–Crippen MR) is 452 cm³/mol. The summed E-state index contributed by atoms with van der Waals surface area (Å²) in [6.45, 7) is 15.8. The lowest BCUT2D eigenvalue weighted by atomic mass is 9.89. The molecule has 0 aromatic heterocycles. The molecule has 36 heteroatoms. The van der Waals surface area contributed by atoms with Crippen molar-refractivity contribution in [1.29, 1.82) is 0 Å². The van der Waals surface area contributed by atoms with Gasteiger partial charge in [-0.3, -0.25) is 48.1 Å². The fourth-order valence-electron chi connectivity index (χ4n) is 15.9. The number of nitrogens with zero attached hydrogens (tertiary/aromatic N) is 4. The summed E-state index contributed by atoms with van der Waals surface area (Å²) in [4.78, 5) is 159. The minimum atomic E-state index is -1.97. The number of carboxylic acid groups (broad SMARTS) is 1. The van der Waals surface area contributed by atoms with E-state index in [1.165, 1.54) is 50.4 Å². The molecule has 125 heavy (non-hydrogen) atoms. The number of carboxylic acids is 1. The van der Waals surface area contributed by atoms with Gasteiger partial charge in [0.25, 0.3) is 0 Å². The highest BCUT2D eigenvalue weighted by atomic mass is 16.7. The smallest absolute Gasteiger partial charge is 0.410 e. The maximum atomic E-state index is 15.0. The van der Waals surface area contributed by atoms with Gasteiger partial charge in [-0.25, -0.2) is 9.59 Å². The average Bonchev–Trinajstić information content (AvgIpc) is 1.65. The van der Waals surface area contributed by atoms with Crippen LogP contribution in [0.15, 0.2) is 103 Å². The number of ether oxygens (including phenoxy) is 7. The zero-order valence-corrected chi connectivity index (χ0v) is 73.2.